The lowest BCUT2D eigenvalue weighted by Crippen LogP contribution is -2.37. The van der Waals surface area contributed by atoms with Crippen LogP contribution in [-0.4, -0.2) is 21.1 Å². The first-order valence-electron chi connectivity index (χ1n) is 6.56. The molecule has 0 radical (unpaired) electrons. The normalized spacial score (nSPS) is 10.5. The highest BCUT2D eigenvalue weighted by atomic mass is 35.5. The Morgan fingerprint density at radius 3 is 2.68 bits per heavy atom. The van der Waals surface area contributed by atoms with Crippen LogP contribution >= 0.6 is 23.2 Å². The predicted octanol–water partition coefficient (Wildman–Crippen LogP) is 2.36. The molecule has 1 aromatic carbocycles. The summed E-state index contributed by atoms with van der Waals surface area (Å²) in [7, 11) is 0. The first-order valence-corrected chi connectivity index (χ1v) is 7.32. The second-order valence-electron chi connectivity index (χ2n) is 4.45. The molecule has 0 atom stereocenters. The quantitative estimate of drug-likeness (QED) is 0.514. The molecule has 116 valence electrons. The number of aryl methyl sites for hydroxylation is 1. The summed E-state index contributed by atoms with van der Waals surface area (Å²) in [5, 5.41) is 2.02. The van der Waals surface area contributed by atoms with Crippen molar-refractivity contribution in [1.29, 1.82) is 0 Å². The maximum atomic E-state index is 12.4. The van der Waals surface area contributed by atoms with Crippen molar-refractivity contribution in [2.75, 3.05) is 11.6 Å². The summed E-state index contributed by atoms with van der Waals surface area (Å²) in [6.07, 6.45) is 2.12. The third-order valence-electron chi connectivity index (χ3n) is 2.93. The molecule has 2 aromatic rings. The van der Waals surface area contributed by atoms with Gasteiger partial charge in [-0.25, -0.2) is 15.2 Å². The summed E-state index contributed by atoms with van der Waals surface area (Å²) in [6.45, 7) is 5.80. The van der Waals surface area contributed by atoms with Gasteiger partial charge >= 0.3 is 5.69 Å². The number of hydrazine groups is 1. The maximum absolute atomic E-state index is 12.4. The Morgan fingerprint density at radius 2 is 2.09 bits per heavy atom. The predicted molar refractivity (Wildman–Crippen MR) is 88.8 cm³/mol. The average molecular weight is 340 g/mol. The van der Waals surface area contributed by atoms with Gasteiger partial charge in [-0.05, 0) is 18.2 Å². The molecule has 1 aromatic heterocycles. The van der Waals surface area contributed by atoms with Crippen molar-refractivity contribution in [3.63, 3.8) is 0 Å². The van der Waals surface area contributed by atoms with Gasteiger partial charge in [0.05, 0.1) is 22.3 Å². The number of hydrogen-bond acceptors (Lipinski definition) is 5. The molecule has 2 N–H and O–H groups in total. The number of anilines is 1. The topological polar surface area (TPSA) is 77.0 Å². The Balaban J connectivity index is 2.59. The van der Waals surface area contributed by atoms with Crippen LogP contribution < -0.4 is 16.5 Å². The van der Waals surface area contributed by atoms with E-state index in [1.54, 1.807) is 24.3 Å². The van der Waals surface area contributed by atoms with E-state index in [4.69, 9.17) is 29.0 Å². The van der Waals surface area contributed by atoms with Gasteiger partial charge in [-0.15, -0.1) is 6.58 Å². The van der Waals surface area contributed by atoms with Crippen molar-refractivity contribution in [3.8, 4) is 5.69 Å². The smallest absolute Gasteiger partial charge is 0.275 e. The van der Waals surface area contributed by atoms with Crippen LogP contribution in [0, 0.1) is 0 Å². The summed E-state index contributed by atoms with van der Waals surface area (Å²) in [5.41, 5.74) is 0.0647. The molecule has 0 aliphatic heterocycles. The molecule has 0 fully saturated rings. The zero-order chi connectivity index (χ0) is 16.3. The van der Waals surface area contributed by atoms with E-state index in [0.717, 1.165) is 0 Å². The van der Waals surface area contributed by atoms with E-state index in [1.807, 2.05) is 6.92 Å². The van der Waals surface area contributed by atoms with E-state index in [1.165, 1.54) is 9.58 Å². The van der Waals surface area contributed by atoms with Crippen molar-refractivity contribution in [1.82, 2.24) is 14.5 Å². The van der Waals surface area contributed by atoms with Crippen LogP contribution in [0.15, 0.2) is 35.6 Å². The molecule has 0 aliphatic rings. The minimum atomic E-state index is -0.486. The van der Waals surface area contributed by atoms with E-state index < -0.39 is 5.69 Å². The fraction of sp³-hybridized carbons (Fsp3) is 0.214. The number of hydrogen-bond donors (Lipinski definition) is 1. The monoisotopic (exact) mass is 339 g/mol. The number of nitrogens with two attached hydrogens (primary N) is 1. The fourth-order valence-electron chi connectivity index (χ4n) is 1.91. The molecule has 6 nitrogen and oxygen atoms in total. The molecule has 1 heterocycles. The SMILES string of the molecule is C=CCN(N)c1nc(CC)n(-c2ccc(Cl)c(Cl)c2)c(=O)n1. The van der Waals surface area contributed by atoms with Crippen molar-refractivity contribution in [2.24, 2.45) is 5.84 Å². The highest BCUT2D eigenvalue weighted by molar-refractivity contribution is 6.42. The van der Waals surface area contributed by atoms with Gasteiger partial charge in [0, 0.05) is 6.42 Å². The highest BCUT2D eigenvalue weighted by Gasteiger charge is 2.14. The molecule has 8 heteroatoms. The average Bonchev–Trinajstić information content (AvgIpc) is 2.49. The van der Waals surface area contributed by atoms with Crippen LogP contribution in [0.25, 0.3) is 5.69 Å². The van der Waals surface area contributed by atoms with Crippen LogP contribution in [0.3, 0.4) is 0 Å². The van der Waals surface area contributed by atoms with Gasteiger partial charge in [0.2, 0.25) is 5.95 Å². The summed E-state index contributed by atoms with van der Waals surface area (Å²) < 4.78 is 1.38. The fourth-order valence-corrected chi connectivity index (χ4v) is 2.20. The number of aromatic nitrogens is 3. The van der Waals surface area contributed by atoms with Crippen LogP contribution in [-0.2, 0) is 6.42 Å². The van der Waals surface area contributed by atoms with Gasteiger partial charge in [0.25, 0.3) is 0 Å². The highest BCUT2D eigenvalue weighted by Crippen LogP contribution is 2.24. The Labute approximate surface area is 137 Å². The van der Waals surface area contributed by atoms with Crippen molar-refractivity contribution in [2.45, 2.75) is 13.3 Å². The van der Waals surface area contributed by atoms with Gasteiger partial charge in [-0.2, -0.15) is 9.97 Å². The van der Waals surface area contributed by atoms with Gasteiger partial charge < -0.3 is 0 Å². The first kappa shape index (κ1) is 16.5. The number of halogens is 2. The summed E-state index contributed by atoms with van der Waals surface area (Å²) in [5.74, 6) is 6.45. The molecule has 0 spiro atoms. The minimum absolute atomic E-state index is 0.151. The van der Waals surface area contributed by atoms with Gasteiger partial charge in [-0.3, -0.25) is 5.01 Å². The number of nitrogens with zero attached hydrogens (tertiary/aromatic N) is 4. The third-order valence-corrected chi connectivity index (χ3v) is 3.67. The van der Waals surface area contributed by atoms with Crippen LogP contribution in [0.4, 0.5) is 5.95 Å². The standard InChI is InChI=1S/C14H15Cl2N5O/c1-3-7-20(17)13-18-12(4-2)21(14(22)19-13)9-5-6-10(15)11(16)8-9/h3,5-6,8H,1,4,7,17H2,2H3. The summed E-state index contributed by atoms with van der Waals surface area (Å²) in [4.78, 5) is 20.6. The lowest BCUT2D eigenvalue weighted by molar-refractivity contribution is 0.740. The van der Waals surface area contributed by atoms with Crippen LogP contribution in [0.2, 0.25) is 10.0 Å². The Morgan fingerprint density at radius 1 is 1.36 bits per heavy atom. The van der Waals surface area contributed by atoms with E-state index in [-0.39, 0.29) is 5.95 Å². The number of rotatable bonds is 5. The largest absolute Gasteiger partial charge is 0.356 e. The van der Waals surface area contributed by atoms with E-state index in [9.17, 15) is 4.79 Å². The second kappa shape index (κ2) is 6.91. The third kappa shape index (κ3) is 3.30. The Kier molecular flexibility index (Phi) is 5.18. The van der Waals surface area contributed by atoms with Crippen LogP contribution in [0.1, 0.15) is 12.7 Å². The second-order valence-corrected chi connectivity index (χ2v) is 5.27. The Bertz CT molecular complexity index is 759. The zero-order valence-corrected chi connectivity index (χ0v) is 13.5. The van der Waals surface area contributed by atoms with Gasteiger partial charge in [0.15, 0.2) is 0 Å². The maximum Gasteiger partial charge on any atom is 0.356 e. The van der Waals surface area contributed by atoms with Crippen LogP contribution in [0.5, 0.6) is 0 Å². The van der Waals surface area contributed by atoms with Gasteiger partial charge in [0.1, 0.15) is 5.82 Å². The minimum Gasteiger partial charge on any atom is -0.275 e. The molecular formula is C14H15Cl2N5O. The van der Waals surface area contributed by atoms with Crippen molar-refractivity contribution in [3.05, 3.63) is 57.2 Å². The molecule has 0 saturated heterocycles. The van der Waals surface area contributed by atoms with Crippen molar-refractivity contribution >= 4 is 29.2 Å². The molecule has 0 unspecified atom stereocenters. The molecular weight excluding hydrogens is 325 g/mol. The lowest BCUT2D eigenvalue weighted by atomic mass is 10.3. The molecule has 0 saturated carbocycles. The first-order chi connectivity index (χ1) is 10.5. The molecule has 0 bridgehead atoms. The zero-order valence-electron chi connectivity index (χ0n) is 12.0. The van der Waals surface area contributed by atoms with E-state index in [0.29, 0.717) is 34.5 Å². The number of benzene rings is 1. The summed E-state index contributed by atoms with van der Waals surface area (Å²) >= 11 is 11.9. The van der Waals surface area contributed by atoms with E-state index >= 15 is 0 Å². The molecule has 22 heavy (non-hydrogen) atoms. The van der Waals surface area contributed by atoms with Gasteiger partial charge in [-0.1, -0.05) is 36.2 Å². The Hall–Kier alpha value is -1.89. The molecule has 0 amide bonds. The van der Waals surface area contributed by atoms with Crippen molar-refractivity contribution < 1.29 is 0 Å². The van der Waals surface area contributed by atoms with E-state index in [2.05, 4.69) is 16.5 Å². The lowest BCUT2D eigenvalue weighted by Gasteiger charge is -2.17. The molecule has 2 rings (SSSR count). The molecule has 0 aliphatic carbocycles. The summed E-state index contributed by atoms with van der Waals surface area (Å²) in [6, 6.07) is 4.89.